The van der Waals surface area contributed by atoms with Crippen LogP contribution in [0, 0.1) is 0 Å². The molecule has 0 aromatic carbocycles. The van der Waals surface area contributed by atoms with Crippen molar-refractivity contribution in [1.29, 1.82) is 0 Å². The average molecular weight is 257 g/mol. The van der Waals surface area contributed by atoms with Gasteiger partial charge in [0.15, 0.2) is 6.10 Å². The molecule has 5 heteroatoms. The minimum atomic E-state index is -0.894. The highest BCUT2D eigenvalue weighted by molar-refractivity contribution is 7.09. The molecule has 1 aromatic rings. The van der Waals surface area contributed by atoms with Gasteiger partial charge in [-0.05, 0) is 31.8 Å². The molecule has 1 unspecified atom stereocenters. The van der Waals surface area contributed by atoms with E-state index < -0.39 is 12.1 Å². The molecule has 4 nitrogen and oxygen atoms in total. The molecule has 0 fully saturated rings. The second-order valence-corrected chi connectivity index (χ2v) is 4.91. The smallest absolute Gasteiger partial charge is 0.334 e. The first-order valence-electron chi connectivity index (χ1n) is 5.68. The molecule has 1 rings (SSSR count). The van der Waals surface area contributed by atoms with Crippen molar-refractivity contribution in [2.24, 2.45) is 0 Å². The van der Waals surface area contributed by atoms with Gasteiger partial charge in [-0.15, -0.1) is 11.3 Å². The number of nitrogens with zero attached hydrogens (tertiary/aromatic N) is 1. The van der Waals surface area contributed by atoms with E-state index in [1.54, 1.807) is 11.3 Å². The summed E-state index contributed by atoms with van der Waals surface area (Å²) in [7, 11) is 1.92. The van der Waals surface area contributed by atoms with Gasteiger partial charge in [-0.3, -0.25) is 0 Å². The Labute approximate surface area is 106 Å². The van der Waals surface area contributed by atoms with Crippen LogP contribution in [0.2, 0.25) is 0 Å². The molecule has 0 saturated heterocycles. The fourth-order valence-corrected chi connectivity index (χ4v) is 2.23. The standard InChI is InChI=1S/C12H19NO3S/c1-3-16-11(12(14)15)9-13(2)7-6-10-5-4-8-17-10/h4-5,8,11H,3,6-7,9H2,1-2H3,(H,14,15). The number of carboxylic acids is 1. The fraction of sp³-hybridized carbons (Fsp3) is 0.583. The highest BCUT2D eigenvalue weighted by Gasteiger charge is 2.19. The summed E-state index contributed by atoms with van der Waals surface area (Å²) in [6.07, 6.45) is 0.223. The molecular weight excluding hydrogens is 238 g/mol. The van der Waals surface area contributed by atoms with Gasteiger partial charge in [0.05, 0.1) is 0 Å². The second-order valence-electron chi connectivity index (χ2n) is 3.87. The second kappa shape index (κ2) is 7.42. The number of aliphatic carboxylic acids is 1. The van der Waals surface area contributed by atoms with E-state index in [9.17, 15) is 4.79 Å². The van der Waals surface area contributed by atoms with Crippen LogP contribution in [0.1, 0.15) is 11.8 Å². The maximum atomic E-state index is 10.9. The number of ether oxygens (including phenoxy) is 1. The molecule has 0 radical (unpaired) electrons. The highest BCUT2D eigenvalue weighted by Crippen LogP contribution is 2.09. The van der Waals surface area contributed by atoms with Gasteiger partial charge in [0.25, 0.3) is 0 Å². The quantitative estimate of drug-likeness (QED) is 0.770. The summed E-state index contributed by atoms with van der Waals surface area (Å²) in [5.74, 6) is -0.894. The molecule has 0 bridgehead atoms. The van der Waals surface area contributed by atoms with E-state index in [4.69, 9.17) is 9.84 Å². The van der Waals surface area contributed by atoms with Gasteiger partial charge in [0.2, 0.25) is 0 Å². The van der Waals surface area contributed by atoms with Crippen molar-refractivity contribution in [2.75, 3.05) is 26.7 Å². The zero-order valence-electron chi connectivity index (χ0n) is 10.3. The highest BCUT2D eigenvalue weighted by atomic mass is 32.1. The minimum Gasteiger partial charge on any atom is -0.479 e. The lowest BCUT2D eigenvalue weighted by molar-refractivity contribution is -0.151. The van der Waals surface area contributed by atoms with E-state index in [0.717, 1.165) is 13.0 Å². The predicted octanol–water partition coefficient (Wildman–Crippen LogP) is 1.71. The first-order valence-corrected chi connectivity index (χ1v) is 6.56. The van der Waals surface area contributed by atoms with Crippen molar-refractivity contribution in [1.82, 2.24) is 4.90 Å². The van der Waals surface area contributed by atoms with Gasteiger partial charge in [-0.1, -0.05) is 6.07 Å². The van der Waals surface area contributed by atoms with Crippen molar-refractivity contribution in [2.45, 2.75) is 19.4 Å². The number of likely N-dealkylation sites (N-methyl/N-ethyl adjacent to an activating group) is 1. The summed E-state index contributed by atoms with van der Waals surface area (Å²) in [6.45, 7) is 3.50. The van der Waals surface area contributed by atoms with Crippen molar-refractivity contribution in [3.8, 4) is 0 Å². The monoisotopic (exact) mass is 257 g/mol. The van der Waals surface area contributed by atoms with Crippen molar-refractivity contribution < 1.29 is 14.6 Å². The number of hydrogen-bond donors (Lipinski definition) is 1. The average Bonchev–Trinajstić information content (AvgIpc) is 2.78. The molecule has 17 heavy (non-hydrogen) atoms. The van der Waals surface area contributed by atoms with E-state index in [2.05, 4.69) is 11.4 Å². The van der Waals surface area contributed by atoms with Crippen LogP contribution in [0.5, 0.6) is 0 Å². The summed E-state index contributed by atoms with van der Waals surface area (Å²) in [4.78, 5) is 14.2. The summed E-state index contributed by atoms with van der Waals surface area (Å²) in [5.41, 5.74) is 0. The van der Waals surface area contributed by atoms with E-state index in [0.29, 0.717) is 13.2 Å². The van der Waals surface area contributed by atoms with Crippen LogP contribution in [0.4, 0.5) is 0 Å². The maximum Gasteiger partial charge on any atom is 0.334 e. The molecule has 0 amide bonds. The zero-order chi connectivity index (χ0) is 12.7. The lowest BCUT2D eigenvalue weighted by atomic mass is 10.3. The fourth-order valence-electron chi connectivity index (χ4n) is 1.53. The zero-order valence-corrected chi connectivity index (χ0v) is 11.1. The molecule has 0 saturated carbocycles. The Bertz CT molecular complexity index is 327. The molecule has 0 aliphatic rings. The Morgan fingerprint density at radius 3 is 2.94 bits per heavy atom. The topological polar surface area (TPSA) is 49.8 Å². The Morgan fingerprint density at radius 1 is 1.65 bits per heavy atom. The molecule has 1 atom stereocenters. The molecule has 1 N–H and O–H groups in total. The molecular formula is C12H19NO3S. The molecule has 0 spiro atoms. The lowest BCUT2D eigenvalue weighted by Gasteiger charge is -2.20. The Hall–Kier alpha value is -0.910. The summed E-state index contributed by atoms with van der Waals surface area (Å²) < 4.78 is 5.17. The van der Waals surface area contributed by atoms with Gasteiger partial charge in [0, 0.05) is 24.6 Å². The van der Waals surface area contributed by atoms with Crippen LogP contribution < -0.4 is 0 Å². The molecule has 0 aliphatic heterocycles. The number of carbonyl (C=O) groups is 1. The summed E-state index contributed by atoms with van der Waals surface area (Å²) >= 11 is 1.73. The van der Waals surface area contributed by atoms with E-state index in [1.807, 2.05) is 24.9 Å². The van der Waals surface area contributed by atoms with Crippen LogP contribution in [0.15, 0.2) is 17.5 Å². The first-order chi connectivity index (χ1) is 8.13. The van der Waals surface area contributed by atoms with E-state index in [1.165, 1.54) is 4.88 Å². The molecule has 0 aliphatic carbocycles. The van der Waals surface area contributed by atoms with Crippen molar-refractivity contribution in [3.05, 3.63) is 22.4 Å². The minimum absolute atomic E-state index is 0.425. The lowest BCUT2D eigenvalue weighted by Crippen LogP contribution is -2.37. The first kappa shape index (κ1) is 14.2. The third kappa shape index (κ3) is 5.30. The van der Waals surface area contributed by atoms with Crippen LogP contribution in [0.25, 0.3) is 0 Å². The Balaban J connectivity index is 2.31. The van der Waals surface area contributed by atoms with Crippen LogP contribution in [-0.4, -0.2) is 48.8 Å². The van der Waals surface area contributed by atoms with E-state index >= 15 is 0 Å². The Morgan fingerprint density at radius 2 is 2.41 bits per heavy atom. The number of carboxylic acid groups (broad SMARTS) is 1. The van der Waals surface area contributed by atoms with Gasteiger partial charge in [-0.25, -0.2) is 4.79 Å². The number of rotatable bonds is 8. The van der Waals surface area contributed by atoms with Gasteiger partial charge in [0.1, 0.15) is 0 Å². The largest absolute Gasteiger partial charge is 0.479 e. The van der Waals surface area contributed by atoms with Gasteiger partial charge >= 0.3 is 5.97 Å². The summed E-state index contributed by atoms with van der Waals surface area (Å²) in [5, 5.41) is 11.0. The van der Waals surface area contributed by atoms with Crippen molar-refractivity contribution >= 4 is 17.3 Å². The van der Waals surface area contributed by atoms with Gasteiger partial charge in [-0.2, -0.15) is 0 Å². The van der Waals surface area contributed by atoms with Crippen LogP contribution >= 0.6 is 11.3 Å². The molecule has 1 aromatic heterocycles. The molecule has 96 valence electrons. The SMILES string of the molecule is CCOC(CN(C)CCc1cccs1)C(=O)O. The van der Waals surface area contributed by atoms with Crippen LogP contribution in [0.3, 0.4) is 0 Å². The normalized spacial score (nSPS) is 12.9. The predicted molar refractivity (Wildman–Crippen MR) is 68.6 cm³/mol. The third-order valence-electron chi connectivity index (χ3n) is 2.44. The third-order valence-corrected chi connectivity index (χ3v) is 3.38. The number of thiophene rings is 1. The Kier molecular flexibility index (Phi) is 6.18. The van der Waals surface area contributed by atoms with Crippen molar-refractivity contribution in [3.63, 3.8) is 0 Å². The van der Waals surface area contributed by atoms with E-state index in [-0.39, 0.29) is 0 Å². The number of hydrogen-bond acceptors (Lipinski definition) is 4. The van der Waals surface area contributed by atoms with Gasteiger partial charge < -0.3 is 14.7 Å². The van der Waals surface area contributed by atoms with Crippen LogP contribution in [-0.2, 0) is 16.0 Å². The molecule has 1 heterocycles. The maximum absolute atomic E-state index is 10.9. The summed E-state index contributed by atoms with van der Waals surface area (Å²) in [6, 6.07) is 4.12.